The number of benzene rings is 2. The van der Waals surface area contributed by atoms with Crippen LogP contribution >= 0.6 is 23.2 Å². The van der Waals surface area contributed by atoms with E-state index in [1.165, 1.54) is 0 Å². The molecule has 1 aliphatic rings. The number of hydrogen-bond donors (Lipinski definition) is 1. The summed E-state index contributed by atoms with van der Waals surface area (Å²) in [6.07, 6.45) is 0.864. The molecule has 1 N–H and O–H groups in total. The van der Waals surface area contributed by atoms with E-state index < -0.39 is 0 Å². The Morgan fingerprint density at radius 1 is 1.12 bits per heavy atom. The van der Waals surface area contributed by atoms with Gasteiger partial charge in [-0.2, -0.15) is 5.10 Å². The molecule has 1 aromatic heterocycles. The molecular formula is C19H17Cl2N3O2. The fourth-order valence-corrected chi connectivity index (χ4v) is 3.60. The van der Waals surface area contributed by atoms with Crippen molar-refractivity contribution in [1.29, 1.82) is 0 Å². The number of fused-ring (bicyclic) bond motifs is 1. The summed E-state index contributed by atoms with van der Waals surface area (Å²) in [7, 11) is 3.29. The van der Waals surface area contributed by atoms with E-state index in [0.717, 1.165) is 52.8 Å². The molecule has 0 atom stereocenters. The molecule has 0 bridgehead atoms. The Kier molecular flexibility index (Phi) is 4.42. The molecule has 2 aromatic carbocycles. The number of ether oxygens (including phenoxy) is 2. The van der Waals surface area contributed by atoms with Crippen molar-refractivity contribution in [2.45, 2.75) is 6.42 Å². The molecule has 26 heavy (non-hydrogen) atoms. The second-order valence-corrected chi connectivity index (χ2v) is 6.69. The van der Waals surface area contributed by atoms with Gasteiger partial charge < -0.3 is 14.8 Å². The summed E-state index contributed by atoms with van der Waals surface area (Å²) in [6, 6.07) is 11.2. The van der Waals surface area contributed by atoms with E-state index in [9.17, 15) is 0 Å². The second-order valence-electron chi connectivity index (χ2n) is 5.90. The number of hydrogen-bond acceptors (Lipinski definition) is 4. The van der Waals surface area contributed by atoms with Crippen molar-refractivity contribution in [2.24, 2.45) is 0 Å². The van der Waals surface area contributed by atoms with E-state index in [-0.39, 0.29) is 0 Å². The highest BCUT2D eigenvalue weighted by Gasteiger charge is 2.27. The molecule has 0 amide bonds. The molecule has 0 spiro atoms. The van der Waals surface area contributed by atoms with Crippen molar-refractivity contribution >= 4 is 29.0 Å². The van der Waals surface area contributed by atoms with Crippen LogP contribution in [0.25, 0.3) is 16.9 Å². The van der Waals surface area contributed by atoms with Gasteiger partial charge >= 0.3 is 0 Å². The third-order valence-corrected chi connectivity index (χ3v) is 5.28. The Morgan fingerprint density at radius 2 is 1.96 bits per heavy atom. The van der Waals surface area contributed by atoms with E-state index >= 15 is 0 Å². The Bertz CT molecular complexity index is 985. The quantitative estimate of drug-likeness (QED) is 0.693. The highest BCUT2D eigenvalue weighted by atomic mass is 35.5. The number of halogens is 2. The summed E-state index contributed by atoms with van der Waals surface area (Å²) in [5.74, 6) is 2.41. The normalized spacial score (nSPS) is 12.6. The first kappa shape index (κ1) is 17.1. The summed E-state index contributed by atoms with van der Waals surface area (Å²) in [4.78, 5) is 0. The maximum Gasteiger partial charge on any atom is 0.133 e. The lowest BCUT2D eigenvalue weighted by Crippen LogP contribution is -2.05. The zero-order valence-electron chi connectivity index (χ0n) is 14.3. The minimum atomic E-state index is 0.470. The molecule has 0 radical (unpaired) electrons. The van der Waals surface area contributed by atoms with Crippen LogP contribution in [-0.4, -0.2) is 30.5 Å². The van der Waals surface area contributed by atoms with Gasteiger partial charge in [-0.1, -0.05) is 29.3 Å². The van der Waals surface area contributed by atoms with Crippen LogP contribution in [0.2, 0.25) is 10.0 Å². The molecule has 2 heterocycles. The van der Waals surface area contributed by atoms with Gasteiger partial charge in [0.15, 0.2) is 0 Å². The summed E-state index contributed by atoms with van der Waals surface area (Å²) in [6.45, 7) is 0.838. The van der Waals surface area contributed by atoms with Crippen LogP contribution in [0, 0.1) is 0 Å². The van der Waals surface area contributed by atoms with Crippen molar-refractivity contribution in [3.8, 4) is 28.4 Å². The van der Waals surface area contributed by atoms with Gasteiger partial charge in [-0.25, -0.2) is 4.68 Å². The second kappa shape index (κ2) is 6.74. The molecule has 0 fully saturated rings. The monoisotopic (exact) mass is 389 g/mol. The van der Waals surface area contributed by atoms with Gasteiger partial charge in [0.2, 0.25) is 0 Å². The van der Waals surface area contributed by atoms with Crippen LogP contribution in [0.5, 0.6) is 11.5 Å². The minimum absolute atomic E-state index is 0.470. The van der Waals surface area contributed by atoms with Crippen molar-refractivity contribution in [1.82, 2.24) is 9.78 Å². The molecule has 5 nitrogen and oxygen atoms in total. The molecule has 0 aliphatic carbocycles. The Balaban J connectivity index is 1.94. The molecule has 1 aliphatic heterocycles. The van der Waals surface area contributed by atoms with Crippen LogP contribution in [0.15, 0.2) is 36.4 Å². The van der Waals surface area contributed by atoms with Crippen LogP contribution < -0.4 is 14.8 Å². The average Bonchev–Trinajstić information content (AvgIpc) is 3.26. The van der Waals surface area contributed by atoms with Gasteiger partial charge in [-0.15, -0.1) is 0 Å². The van der Waals surface area contributed by atoms with Crippen molar-refractivity contribution in [3.63, 3.8) is 0 Å². The predicted octanol–water partition coefficient (Wildman–Crippen LogP) is 4.83. The standard InChI is InChI=1S/C19H17Cl2N3O2/c1-25-11-6-7-16(26-2)13(10-11)18-12-8-9-22-19(12)24(23-18)15-5-3-4-14(20)17(15)21/h3-7,10,22H,8-9H2,1-2H3. The van der Waals surface area contributed by atoms with E-state index in [4.69, 9.17) is 37.8 Å². The summed E-state index contributed by atoms with van der Waals surface area (Å²) in [5, 5.41) is 9.19. The van der Waals surface area contributed by atoms with Gasteiger partial charge in [0.1, 0.15) is 23.0 Å². The topological polar surface area (TPSA) is 48.3 Å². The van der Waals surface area contributed by atoms with Gasteiger partial charge in [0, 0.05) is 17.7 Å². The van der Waals surface area contributed by atoms with E-state index in [2.05, 4.69) is 5.32 Å². The smallest absolute Gasteiger partial charge is 0.133 e. The van der Waals surface area contributed by atoms with Crippen molar-refractivity contribution in [3.05, 3.63) is 52.0 Å². The fraction of sp³-hybridized carbons (Fsp3) is 0.211. The van der Waals surface area contributed by atoms with E-state index in [1.807, 2.05) is 35.0 Å². The highest BCUT2D eigenvalue weighted by molar-refractivity contribution is 6.43. The molecule has 0 saturated heterocycles. The maximum absolute atomic E-state index is 6.43. The molecule has 3 aromatic rings. The average molecular weight is 390 g/mol. The largest absolute Gasteiger partial charge is 0.497 e. The van der Waals surface area contributed by atoms with Gasteiger partial charge in [0.25, 0.3) is 0 Å². The van der Waals surface area contributed by atoms with Crippen LogP contribution in [0.4, 0.5) is 5.82 Å². The highest BCUT2D eigenvalue weighted by Crippen LogP contribution is 2.41. The molecule has 134 valence electrons. The number of anilines is 1. The van der Waals surface area contributed by atoms with Gasteiger partial charge in [0.05, 0.1) is 30.0 Å². The van der Waals surface area contributed by atoms with E-state index in [0.29, 0.717) is 10.0 Å². The fourth-order valence-electron chi connectivity index (χ4n) is 3.22. The summed E-state index contributed by atoms with van der Waals surface area (Å²) in [5.41, 5.74) is 3.58. The molecule has 4 rings (SSSR count). The zero-order valence-corrected chi connectivity index (χ0v) is 15.9. The summed E-state index contributed by atoms with van der Waals surface area (Å²) >= 11 is 12.6. The first-order valence-corrected chi connectivity index (χ1v) is 8.92. The maximum atomic E-state index is 6.43. The number of rotatable bonds is 4. The lowest BCUT2D eigenvalue weighted by atomic mass is 10.1. The van der Waals surface area contributed by atoms with Crippen molar-refractivity contribution < 1.29 is 9.47 Å². The Hall–Kier alpha value is -2.37. The molecule has 7 heteroatoms. The minimum Gasteiger partial charge on any atom is -0.497 e. The third kappa shape index (κ3) is 2.68. The number of methoxy groups -OCH3 is 2. The lowest BCUT2D eigenvalue weighted by molar-refractivity contribution is 0.404. The first-order chi connectivity index (χ1) is 12.6. The molecule has 0 unspecified atom stereocenters. The predicted molar refractivity (Wildman–Crippen MR) is 104 cm³/mol. The Labute approximate surface area is 161 Å². The molecular weight excluding hydrogens is 373 g/mol. The lowest BCUT2D eigenvalue weighted by Gasteiger charge is -2.10. The Morgan fingerprint density at radius 3 is 2.73 bits per heavy atom. The number of aromatic nitrogens is 2. The zero-order chi connectivity index (χ0) is 18.3. The van der Waals surface area contributed by atoms with Crippen LogP contribution in [0.3, 0.4) is 0 Å². The van der Waals surface area contributed by atoms with Gasteiger partial charge in [-0.3, -0.25) is 0 Å². The SMILES string of the molecule is COc1ccc(OC)c(-c2nn(-c3cccc(Cl)c3Cl)c3c2CCN3)c1. The number of nitrogens with one attached hydrogen (secondary N) is 1. The first-order valence-electron chi connectivity index (χ1n) is 8.16. The molecule has 0 saturated carbocycles. The van der Waals surface area contributed by atoms with Gasteiger partial charge in [-0.05, 0) is 36.8 Å². The van der Waals surface area contributed by atoms with Crippen LogP contribution in [-0.2, 0) is 6.42 Å². The van der Waals surface area contributed by atoms with Crippen molar-refractivity contribution in [2.75, 3.05) is 26.1 Å². The van der Waals surface area contributed by atoms with Crippen LogP contribution in [0.1, 0.15) is 5.56 Å². The number of nitrogens with zero attached hydrogens (tertiary/aromatic N) is 2. The van der Waals surface area contributed by atoms with E-state index in [1.54, 1.807) is 20.3 Å². The third-order valence-electron chi connectivity index (χ3n) is 4.47. The summed E-state index contributed by atoms with van der Waals surface area (Å²) < 4.78 is 12.7.